The van der Waals surface area contributed by atoms with Gasteiger partial charge in [0.1, 0.15) is 22.0 Å². The van der Waals surface area contributed by atoms with Gasteiger partial charge in [-0.05, 0) is 23.1 Å². The molecule has 0 aliphatic heterocycles. The molecule has 0 saturated heterocycles. The Morgan fingerprint density at radius 3 is 2.42 bits per heavy atom. The largest absolute Gasteiger partial charge is 0.480 e. The van der Waals surface area contributed by atoms with Crippen molar-refractivity contribution in [3.63, 3.8) is 0 Å². The van der Waals surface area contributed by atoms with E-state index in [0.29, 0.717) is 10.9 Å². The molecule has 3 aromatic heterocycles. The number of hydrogen-bond acceptors (Lipinski definition) is 7. The van der Waals surface area contributed by atoms with Gasteiger partial charge in [0.2, 0.25) is 0 Å². The highest BCUT2D eigenvalue weighted by Crippen LogP contribution is 2.37. The highest BCUT2D eigenvalue weighted by Gasteiger charge is 2.39. The van der Waals surface area contributed by atoms with Gasteiger partial charge in [0, 0.05) is 25.0 Å². The van der Waals surface area contributed by atoms with Gasteiger partial charge in [0.25, 0.3) is 11.5 Å². The van der Waals surface area contributed by atoms with Crippen LogP contribution < -0.4 is 21.4 Å². The number of aromatic nitrogens is 3. The van der Waals surface area contributed by atoms with Crippen LogP contribution in [0.4, 0.5) is 22.0 Å². The molecule has 0 atom stereocenters. The van der Waals surface area contributed by atoms with E-state index in [1.807, 2.05) is 0 Å². The van der Waals surface area contributed by atoms with Crippen LogP contribution in [0.5, 0.6) is 0 Å². The quantitative estimate of drug-likeness (QED) is 0.313. The van der Waals surface area contributed by atoms with E-state index in [9.17, 15) is 41.1 Å². The van der Waals surface area contributed by atoms with E-state index in [1.54, 1.807) is 0 Å². The summed E-state index contributed by atoms with van der Waals surface area (Å²) in [4.78, 5) is 52.9. The van der Waals surface area contributed by atoms with E-state index in [4.69, 9.17) is 5.11 Å². The molecule has 1 amide bonds. The molecule has 0 spiro atoms. The summed E-state index contributed by atoms with van der Waals surface area (Å²) in [5.74, 6) is -5.75. The highest BCUT2D eigenvalue weighted by molar-refractivity contribution is 7.17. The average Bonchev–Trinajstić information content (AvgIpc) is 3.45. The topological polar surface area (TPSA) is 128 Å². The SMILES string of the molecule is Cn1c(=O)c2c(CC(=O)N=c3scc(-c4ccc(F)c(C(F)(F)F)c4F)n3CNCC(=O)O)csc2n(C)c1=O. The van der Waals surface area contributed by atoms with Crippen molar-refractivity contribution < 1.29 is 36.6 Å². The summed E-state index contributed by atoms with van der Waals surface area (Å²) < 4.78 is 71.9. The predicted octanol–water partition coefficient (Wildman–Crippen LogP) is 2.43. The molecule has 10 nitrogen and oxygen atoms in total. The second-order valence-corrected chi connectivity index (χ2v) is 10.1. The Bertz CT molecular complexity index is 1850. The predicted molar refractivity (Wildman–Crippen MR) is 135 cm³/mol. The number of thiazole rings is 1. The number of hydrogen-bond donors (Lipinski definition) is 2. The molecule has 0 bridgehead atoms. The van der Waals surface area contributed by atoms with Crippen LogP contribution in [0.15, 0.2) is 37.5 Å². The normalized spacial score (nSPS) is 12.4. The Kier molecular flexibility index (Phi) is 7.91. The molecule has 3 heterocycles. The lowest BCUT2D eigenvalue weighted by Gasteiger charge is -2.14. The van der Waals surface area contributed by atoms with Crippen LogP contribution in [-0.4, -0.2) is 37.2 Å². The van der Waals surface area contributed by atoms with E-state index in [0.717, 1.165) is 37.9 Å². The van der Waals surface area contributed by atoms with Crippen LogP contribution in [0.3, 0.4) is 0 Å². The fraction of sp³-hybridized carbons (Fsp3) is 0.261. The second kappa shape index (κ2) is 10.9. The molecule has 17 heteroatoms. The minimum absolute atomic E-state index is 0.130. The van der Waals surface area contributed by atoms with E-state index < -0.39 is 65.3 Å². The van der Waals surface area contributed by atoms with Crippen LogP contribution in [0.1, 0.15) is 11.1 Å². The molecule has 0 saturated carbocycles. The smallest absolute Gasteiger partial charge is 0.422 e. The van der Waals surface area contributed by atoms with Crippen LogP contribution >= 0.6 is 22.7 Å². The van der Waals surface area contributed by atoms with Crippen molar-refractivity contribution in [2.75, 3.05) is 6.54 Å². The molecule has 212 valence electrons. The molecule has 0 radical (unpaired) electrons. The zero-order valence-corrected chi connectivity index (χ0v) is 22.1. The number of aliphatic carboxylic acids is 1. The first-order valence-corrected chi connectivity index (χ1v) is 12.9. The third-order valence-corrected chi connectivity index (χ3v) is 7.77. The van der Waals surface area contributed by atoms with Crippen molar-refractivity contribution in [3.8, 4) is 11.3 Å². The number of aryl methyl sites for hydroxylation is 1. The van der Waals surface area contributed by atoms with E-state index >= 15 is 0 Å². The Morgan fingerprint density at radius 2 is 1.77 bits per heavy atom. The van der Waals surface area contributed by atoms with Crippen LogP contribution in [0.2, 0.25) is 0 Å². The van der Waals surface area contributed by atoms with Crippen molar-refractivity contribution in [1.29, 1.82) is 0 Å². The molecule has 0 aliphatic rings. The van der Waals surface area contributed by atoms with Gasteiger partial charge < -0.3 is 9.67 Å². The maximum atomic E-state index is 14.9. The molecule has 4 aromatic rings. The first kappa shape index (κ1) is 29.0. The summed E-state index contributed by atoms with van der Waals surface area (Å²) in [6.45, 7) is -0.988. The number of nitrogens with one attached hydrogen (secondary N) is 1. The number of halogens is 5. The van der Waals surface area contributed by atoms with Gasteiger partial charge >= 0.3 is 17.8 Å². The molecule has 4 rings (SSSR count). The number of amides is 1. The lowest BCUT2D eigenvalue weighted by Crippen LogP contribution is -2.36. The first-order valence-electron chi connectivity index (χ1n) is 11.1. The maximum absolute atomic E-state index is 14.9. The fourth-order valence-electron chi connectivity index (χ4n) is 3.94. The highest BCUT2D eigenvalue weighted by atomic mass is 32.1. The van der Waals surface area contributed by atoms with Crippen molar-refractivity contribution in [3.05, 3.63) is 71.3 Å². The Balaban J connectivity index is 1.80. The molecule has 0 fully saturated rings. The fourth-order valence-corrected chi connectivity index (χ4v) is 5.88. The summed E-state index contributed by atoms with van der Waals surface area (Å²) >= 11 is 1.82. The number of alkyl halides is 3. The Hall–Kier alpha value is -3.96. The molecule has 1 aromatic carbocycles. The lowest BCUT2D eigenvalue weighted by molar-refractivity contribution is -0.142. The Labute approximate surface area is 227 Å². The van der Waals surface area contributed by atoms with Gasteiger partial charge in [0.05, 0.1) is 30.7 Å². The van der Waals surface area contributed by atoms with Crippen LogP contribution in [0.25, 0.3) is 21.5 Å². The van der Waals surface area contributed by atoms with Gasteiger partial charge in [-0.2, -0.15) is 18.2 Å². The summed E-state index contributed by atoms with van der Waals surface area (Å²) in [5, 5.41) is 14.3. The molecule has 0 aliphatic carbocycles. The summed E-state index contributed by atoms with van der Waals surface area (Å²) in [6.07, 6.45) is -5.72. The molecular weight excluding hydrogens is 585 g/mol. The van der Waals surface area contributed by atoms with E-state index in [-0.39, 0.29) is 27.9 Å². The lowest BCUT2D eigenvalue weighted by atomic mass is 10.1. The number of carbonyl (C=O) groups is 2. The third kappa shape index (κ3) is 5.39. The van der Waals surface area contributed by atoms with Crippen molar-refractivity contribution in [1.82, 2.24) is 19.0 Å². The van der Waals surface area contributed by atoms with E-state index in [1.165, 1.54) is 29.4 Å². The monoisotopic (exact) mass is 603 g/mol. The van der Waals surface area contributed by atoms with Gasteiger partial charge in [-0.1, -0.05) is 0 Å². The number of nitrogens with zero attached hydrogens (tertiary/aromatic N) is 4. The zero-order chi connectivity index (χ0) is 29.5. The summed E-state index contributed by atoms with van der Waals surface area (Å²) in [6, 6.07) is 1.24. The number of fused-ring (bicyclic) bond motifs is 1. The summed E-state index contributed by atoms with van der Waals surface area (Å²) in [5.41, 5.74) is -3.84. The second-order valence-electron chi connectivity index (χ2n) is 8.42. The minimum Gasteiger partial charge on any atom is -0.480 e. The molecular formula is C23H18F5N5O5S2. The van der Waals surface area contributed by atoms with Gasteiger partial charge in [0.15, 0.2) is 4.80 Å². The third-order valence-electron chi connectivity index (χ3n) is 5.80. The summed E-state index contributed by atoms with van der Waals surface area (Å²) in [7, 11) is 2.76. The number of carbonyl (C=O) groups excluding carboxylic acids is 1. The van der Waals surface area contributed by atoms with Gasteiger partial charge in [-0.3, -0.25) is 28.8 Å². The number of carboxylic acids is 1. The van der Waals surface area contributed by atoms with E-state index in [2.05, 4.69) is 10.3 Å². The van der Waals surface area contributed by atoms with Crippen LogP contribution in [0, 0.1) is 11.6 Å². The van der Waals surface area contributed by atoms with Gasteiger partial charge in [-0.15, -0.1) is 22.7 Å². The molecule has 2 N–H and O–H groups in total. The first-order chi connectivity index (χ1) is 18.7. The molecule has 40 heavy (non-hydrogen) atoms. The van der Waals surface area contributed by atoms with Crippen LogP contribution in [-0.2, 0) is 43.0 Å². The number of thiophene rings is 1. The zero-order valence-electron chi connectivity index (χ0n) is 20.5. The van der Waals surface area contributed by atoms with Crippen molar-refractivity contribution in [2.45, 2.75) is 19.3 Å². The molecule has 0 unspecified atom stereocenters. The average molecular weight is 604 g/mol. The minimum atomic E-state index is -5.33. The van der Waals surface area contributed by atoms with Gasteiger partial charge in [-0.25, -0.2) is 13.6 Å². The maximum Gasteiger partial charge on any atom is 0.422 e. The standard InChI is InChI=1S/C23H18F5N5O5S2/c1-31-19(37)16-10(7-39-20(16)32(2)22(31)38)5-14(34)30-21-33(9-29-6-15(35)36)13(8-40-21)11-3-4-12(24)17(18(11)25)23(26,27)28/h3-4,7-8,29H,5-6,9H2,1-2H3,(H,35,36). The van der Waals surface area contributed by atoms with Crippen molar-refractivity contribution >= 4 is 44.8 Å². The van der Waals surface area contributed by atoms with Crippen molar-refractivity contribution in [2.24, 2.45) is 19.1 Å². The Morgan fingerprint density at radius 1 is 1.07 bits per heavy atom. The number of benzene rings is 1. The number of carboxylic acid groups (broad SMARTS) is 1. The number of rotatable bonds is 7.